The number of halogens is 4. The number of amidine groups is 1. The van der Waals surface area contributed by atoms with Crippen LogP contribution in [0.3, 0.4) is 0 Å². The molecule has 182 valence electrons. The number of fused-ring (bicyclic) bond motifs is 1. The van der Waals surface area contributed by atoms with E-state index in [4.69, 9.17) is 16.3 Å². The molecule has 0 fully saturated rings. The molecule has 2 N–H and O–H groups in total. The number of hydrogen-bond donors (Lipinski definition) is 2. The Bertz CT molecular complexity index is 1510. The Hall–Kier alpha value is -4.18. The van der Waals surface area contributed by atoms with Gasteiger partial charge in [0.1, 0.15) is 28.7 Å². The fraction of sp³-hybridized carbons (Fsp3) is 0.120. The van der Waals surface area contributed by atoms with Crippen LogP contribution in [0.25, 0.3) is 10.8 Å². The Balaban J connectivity index is 1.36. The van der Waals surface area contributed by atoms with Gasteiger partial charge in [-0.2, -0.15) is 13.2 Å². The number of nitrogens with one attached hydrogen (secondary N) is 2. The predicted octanol–water partition coefficient (Wildman–Crippen LogP) is 5.70. The van der Waals surface area contributed by atoms with Crippen LogP contribution in [0.1, 0.15) is 21.7 Å². The van der Waals surface area contributed by atoms with Crippen LogP contribution in [0.4, 0.5) is 18.9 Å². The second-order valence-corrected chi connectivity index (χ2v) is 8.27. The topological polar surface area (TPSA) is 88.5 Å². The third-order valence-electron chi connectivity index (χ3n) is 5.34. The van der Waals surface area contributed by atoms with Crippen LogP contribution in [-0.2, 0) is 6.18 Å². The SMILES string of the molecule is O=C(Nc1ccc(Cl)c(C(F)(F)F)c1)c1cc2cc(Oc3ccnc(C4=NCCN4)c3)ccc2cn1. The van der Waals surface area contributed by atoms with Crippen molar-refractivity contribution >= 4 is 39.8 Å². The summed E-state index contributed by atoms with van der Waals surface area (Å²) in [7, 11) is 0. The van der Waals surface area contributed by atoms with E-state index in [9.17, 15) is 18.0 Å². The van der Waals surface area contributed by atoms with Crippen LogP contribution in [0.2, 0.25) is 5.02 Å². The van der Waals surface area contributed by atoms with Crippen molar-refractivity contribution in [1.82, 2.24) is 15.3 Å². The van der Waals surface area contributed by atoms with Crippen molar-refractivity contribution in [3.63, 3.8) is 0 Å². The van der Waals surface area contributed by atoms with Crippen LogP contribution >= 0.6 is 11.6 Å². The van der Waals surface area contributed by atoms with Gasteiger partial charge in [0.05, 0.1) is 17.1 Å². The molecule has 11 heteroatoms. The lowest BCUT2D eigenvalue weighted by molar-refractivity contribution is -0.137. The van der Waals surface area contributed by atoms with Gasteiger partial charge >= 0.3 is 6.18 Å². The van der Waals surface area contributed by atoms with E-state index in [1.165, 1.54) is 18.3 Å². The lowest BCUT2D eigenvalue weighted by Crippen LogP contribution is -2.20. The molecule has 0 aliphatic carbocycles. The van der Waals surface area contributed by atoms with Crippen LogP contribution in [0, 0.1) is 0 Å². The molecule has 0 saturated carbocycles. The summed E-state index contributed by atoms with van der Waals surface area (Å²) in [6.45, 7) is 1.45. The Morgan fingerprint density at radius 1 is 1.00 bits per heavy atom. The second kappa shape index (κ2) is 9.46. The number of benzene rings is 2. The standard InChI is InChI=1S/C25H17ClF3N5O2/c26-20-4-2-16(11-19(20)25(27,28)29)34-24(35)22-10-15-9-17(3-1-14(15)13-33-22)36-18-5-6-30-21(12-18)23-31-7-8-32-23/h1-6,9-13H,7-8H2,(H,31,32)(H,34,35). The fourth-order valence-electron chi connectivity index (χ4n) is 3.63. The Morgan fingerprint density at radius 2 is 1.83 bits per heavy atom. The van der Waals surface area contributed by atoms with Crippen molar-refractivity contribution in [2.75, 3.05) is 18.4 Å². The third-order valence-corrected chi connectivity index (χ3v) is 5.67. The first-order valence-corrected chi connectivity index (χ1v) is 11.1. The molecule has 1 amide bonds. The van der Waals surface area contributed by atoms with Gasteiger partial charge in [-0.3, -0.25) is 19.8 Å². The summed E-state index contributed by atoms with van der Waals surface area (Å²) in [6, 6.07) is 13.5. The molecular weight excluding hydrogens is 495 g/mol. The summed E-state index contributed by atoms with van der Waals surface area (Å²) in [5.74, 6) is 1.13. The lowest BCUT2D eigenvalue weighted by atomic mass is 10.1. The molecule has 2 aromatic heterocycles. The van der Waals surface area contributed by atoms with E-state index in [1.807, 2.05) is 0 Å². The van der Waals surface area contributed by atoms with Crippen LogP contribution in [0.5, 0.6) is 11.5 Å². The summed E-state index contributed by atoms with van der Waals surface area (Å²) in [5.41, 5.74) is -0.389. The molecule has 0 unspecified atom stereocenters. The average Bonchev–Trinajstić information content (AvgIpc) is 3.39. The van der Waals surface area contributed by atoms with Crippen LogP contribution in [0.15, 0.2) is 72.0 Å². The predicted molar refractivity (Wildman–Crippen MR) is 130 cm³/mol. The maximum Gasteiger partial charge on any atom is 0.417 e. The Labute approximate surface area is 208 Å². The van der Waals surface area contributed by atoms with Gasteiger partial charge in [0.2, 0.25) is 0 Å². The van der Waals surface area contributed by atoms with Gasteiger partial charge < -0.3 is 15.4 Å². The number of carbonyl (C=O) groups is 1. The largest absolute Gasteiger partial charge is 0.457 e. The molecule has 0 atom stereocenters. The fourth-order valence-corrected chi connectivity index (χ4v) is 3.86. The molecule has 0 bridgehead atoms. The normalized spacial score (nSPS) is 13.3. The highest BCUT2D eigenvalue weighted by molar-refractivity contribution is 6.31. The molecule has 1 aliphatic rings. The van der Waals surface area contributed by atoms with Gasteiger partial charge in [-0.15, -0.1) is 0 Å². The van der Waals surface area contributed by atoms with Gasteiger partial charge in [0.15, 0.2) is 0 Å². The number of aliphatic imine (C=N–C) groups is 1. The quantitative estimate of drug-likeness (QED) is 0.359. The number of hydrogen-bond acceptors (Lipinski definition) is 6. The molecule has 0 spiro atoms. The van der Waals surface area contributed by atoms with Crippen LogP contribution < -0.4 is 15.4 Å². The monoisotopic (exact) mass is 511 g/mol. The molecule has 7 nitrogen and oxygen atoms in total. The molecule has 3 heterocycles. The number of carbonyl (C=O) groups excluding carboxylic acids is 1. The zero-order valence-electron chi connectivity index (χ0n) is 18.4. The maximum absolute atomic E-state index is 13.1. The maximum atomic E-state index is 13.1. The molecule has 5 rings (SSSR count). The van der Waals surface area contributed by atoms with E-state index in [-0.39, 0.29) is 11.4 Å². The highest BCUT2D eigenvalue weighted by atomic mass is 35.5. The van der Waals surface area contributed by atoms with Gasteiger partial charge in [0.25, 0.3) is 5.91 Å². The second-order valence-electron chi connectivity index (χ2n) is 7.86. The van der Waals surface area contributed by atoms with E-state index in [0.29, 0.717) is 35.0 Å². The lowest BCUT2D eigenvalue weighted by Gasteiger charge is -2.12. The van der Waals surface area contributed by atoms with E-state index >= 15 is 0 Å². The summed E-state index contributed by atoms with van der Waals surface area (Å²) < 4.78 is 45.3. The van der Waals surface area contributed by atoms with Crippen molar-refractivity contribution < 1.29 is 22.7 Å². The van der Waals surface area contributed by atoms with Crippen molar-refractivity contribution in [3.05, 3.63) is 89.0 Å². The van der Waals surface area contributed by atoms with Gasteiger partial charge in [-0.25, -0.2) is 0 Å². The number of amides is 1. The van der Waals surface area contributed by atoms with E-state index in [0.717, 1.165) is 24.1 Å². The minimum absolute atomic E-state index is 0.0275. The average molecular weight is 512 g/mol. The molecule has 36 heavy (non-hydrogen) atoms. The first kappa shape index (κ1) is 23.6. The molecule has 4 aromatic rings. The number of anilines is 1. The summed E-state index contributed by atoms with van der Waals surface area (Å²) in [5, 5.41) is 6.56. The highest BCUT2D eigenvalue weighted by Crippen LogP contribution is 2.36. The molecular formula is C25H17ClF3N5O2. The van der Waals surface area contributed by atoms with Gasteiger partial charge in [-0.05, 0) is 53.9 Å². The highest BCUT2D eigenvalue weighted by Gasteiger charge is 2.33. The molecule has 2 aromatic carbocycles. The smallest absolute Gasteiger partial charge is 0.417 e. The van der Waals surface area contributed by atoms with Gasteiger partial charge in [0, 0.05) is 36.1 Å². The Kier molecular flexibility index (Phi) is 6.19. The molecule has 1 aliphatic heterocycles. The number of aromatic nitrogens is 2. The first-order chi connectivity index (χ1) is 17.3. The van der Waals surface area contributed by atoms with E-state index in [2.05, 4.69) is 25.6 Å². The van der Waals surface area contributed by atoms with Gasteiger partial charge in [-0.1, -0.05) is 11.6 Å². The van der Waals surface area contributed by atoms with Crippen molar-refractivity contribution in [1.29, 1.82) is 0 Å². The zero-order valence-corrected chi connectivity index (χ0v) is 19.2. The number of ether oxygens (including phenoxy) is 1. The zero-order chi connectivity index (χ0) is 25.3. The third kappa shape index (κ3) is 5.08. The first-order valence-electron chi connectivity index (χ1n) is 10.8. The van der Waals surface area contributed by atoms with Crippen molar-refractivity contribution in [3.8, 4) is 11.5 Å². The Morgan fingerprint density at radius 3 is 2.61 bits per heavy atom. The van der Waals surface area contributed by atoms with Crippen molar-refractivity contribution in [2.24, 2.45) is 4.99 Å². The summed E-state index contributed by atoms with van der Waals surface area (Å²) >= 11 is 5.64. The van der Waals surface area contributed by atoms with Crippen molar-refractivity contribution in [2.45, 2.75) is 6.18 Å². The minimum atomic E-state index is -4.65. The number of pyridine rings is 2. The summed E-state index contributed by atoms with van der Waals surface area (Å²) in [6.07, 6.45) is -1.51. The number of rotatable bonds is 5. The minimum Gasteiger partial charge on any atom is -0.457 e. The summed E-state index contributed by atoms with van der Waals surface area (Å²) in [4.78, 5) is 25.5. The number of alkyl halides is 3. The van der Waals surface area contributed by atoms with Crippen LogP contribution in [-0.4, -0.2) is 34.8 Å². The van der Waals surface area contributed by atoms with E-state index in [1.54, 1.807) is 36.5 Å². The molecule has 0 radical (unpaired) electrons. The number of nitrogens with zero attached hydrogens (tertiary/aromatic N) is 3. The van der Waals surface area contributed by atoms with E-state index < -0.39 is 22.7 Å². The molecule has 0 saturated heterocycles.